The average molecular weight is 616 g/mol. The number of ketones is 2. The minimum absolute atomic E-state index is 0.0506. The summed E-state index contributed by atoms with van der Waals surface area (Å²) in [6.45, 7) is 5.28. The van der Waals surface area contributed by atoms with E-state index in [9.17, 15) is 39.3 Å². The van der Waals surface area contributed by atoms with Gasteiger partial charge in [-0.1, -0.05) is 12.8 Å². The number of ether oxygens (including phenoxy) is 2. The van der Waals surface area contributed by atoms with E-state index in [0.29, 0.717) is 57.9 Å². The van der Waals surface area contributed by atoms with Crippen LogP contribution in [0.15, 0.2) is 0 Å². The molecule has 1 aliphatic rings. The summed E-state index contributed by atoms with van der Waals surface area (Å²) >= 11 is 0. The van der Waals surface area contributed by atoms with Gasteiger partial charge in [-0.3, -0.25) is 19.2 Å². The van der Waals surface area contributed by atoms with Gasteiger partial charge < -0.3 is 45.5 Å². The second-order valence-electron chi connectivity index (χ2n) is 11.3. The van der Waals surface area contributed by atoms with Crippen molar-refractivity contribution >= 4 is 29.3 Å². The van der Waals surface area contributed by atoms with E-state index in [1.165, 1.54) is 6.92 Å². The lowest BCUT2D eigenvalue weighted by Gasteiger charge is -2.38. The van der Waals surface area contributed by atoms with Crippen LogP contribution < -0.4 is 16.0 Å². The van der Waals surface area contributed by atoms with Crippen molar-refractivity contribution < 1.29 is 48.8 Å². The molecule has 1 fully saturated rings. The molecule has 13 nitrogen and oxygen atoms in total. The van der Waals surface area contributed by atoms with E-state index < -0.39 is 36.7 Å². The zero-order chi connectivity index (χ0) is 32.2. The first-order chi connectivity index (χ1) is 20.4. The van der Waals surface area contributed by atoms with Crippen LogP contribution in [-0.4, -0.2) is 101 Å². The van der Waals surface area contributed by atoms with E-state index in [1.807, 2.05) is 0 Å². The molecule has 0 aromatic heterocycles. The molecule has 43 heavy (non-hydrogen) atoms. The molecule has 0 bridgehead atoms. The third kappa shape index (κ3) is 17.4. The van der Waals surface area contributed by atoms with Crippen molar-refractivity contribution in [2.75, 3.05) is 19.7 Å². The molecule has 0 aliphatic carbocycles. The number of hydrogen-bond acceptors (Lipinski definition) is 10. The third-order valence-corrected chi connectivity index (χ3v) is 7.32. The lowest BCUT2D eigenvalue weighted by Crippen LogP contribution is -2.57. The molecule has 0 unspecified atom stereocenters. The van der Waals surface area contributed by atoms with Crippen LogP contribution in [0.5, 0.6) is 0 Å². The summed E-state index contributed by atoms with van der Waals surface area (Å²) in [5.41, 5.74) is 0. The van der Waals surface area contributed by atoms with Gasteiger partial charge in [-0.2, -0.15) is 0 Å². The van der Waals surface area contributed by atoms with Crippen LogP contribution in [-0.2, 0) is 33.4 Å². The minimum atomic E-state index is -1.39. The molecule has 3 amide bonds. The maximum Gasteiger partial charge on any atom is 0.220 e. The second kappa shape index (κ2) is 22.1. The molecule has 13 heteroatoms. The largest absolute Gasteiger partial charge is 0.388 e. The van der Waals surface area contributed by atoms with Crippen LogP contribution in [0.3, 0.4) is 0 Å². The fourth-order valence-corrected chi connectivity index (χ4v) is 4.62. The second-order valence-corrected chi connectivity index (χ2v) is 11.3. The highest BCUT2D eigenvalue weighted by Gasteiger charge is 2.42. The number of hydrogen-bond donors (Lipinski definition) is 6. The number of aliphatic hydroxyl groups excluding tert-OH is 3. The Labute approximate surface area is 254 Å². The molecule has 1 aliphatic heterocycles. The summed E-state index contributed by atoms with van der Waals surface area (Å²) in [6, 6.07) is -0.531. The Morgan fingerprint density at radius 2 is 1.26 bits per heavy atom. The van der Waals surface area contributed by atoms with Crippen molar-refractivity contribution in [2.24, 2.45) is 0 Å². The highest BCUT2D eigenvalue weighted by atomic mass is 16.7. The first-order valence-corrected chi connectivity index (χ1v) is 15.6. The number of Topliss-reactive ketones (excluding diaryl/α,β-unsaturated/α-hetero) is 2. The Balaban J connectivity index is 2.06. The topological polar surface area (TPSA) is 201 Å². The molecule has 1 heterocycles. The zero-order valence-electron chi connectivity index (χ0n) is 26.0. The van der Waals surface area contributed by atoms with Gasteiger partial charge in [0.1, 0.15) is 24.1 Å². The highest BCUT2D eigenvalue weighted by Crippen LogP contribution is 2.21. The molecule has 0 saturated carbocycles. The maximum atomic E-state index is 12.2. The first-order valence-electron chi connectivity index (χ1n) is 15.6. The zero-order valence-corrected chi connectivity index (χ0v) is 26.0. The minimum Gasteiger partial charge on any atom is -0.388 e. The molecular weight excluding hydrogens is 562 g/mol. The van der Waals surface area contributed by atoms with Gasteiger partial charge in [0.05, 0.1) is 18.8 Å². The first kappa shape index (κ1) is 38.6. The molecule has 0 aromatic rings. The summed E-state index contributed by atoms with van der Waals surface area (Å²) in [5, 5.41) is 37.7. The van der Waals surface area contributed by atoms with Gasteiger partial charge >= 0.3 is 0 Å². The van der Waals surface area contributed by atoms with Gasteiger partial charge in [0.2, 0.25) is 17.7 Å². The fraction of sp³-hybridized carbons (Fsp3) is 0.833. The number of carbonyl (C=O) groups is 5. The van der Waals surface area contributed by atoms with Gasteiger partial charge in [-0.05, 0) is 65.7 Å². The maximum absolute atomic E-state index is 12.2. The summed E-state index contributed by atoms with van der Waals surface area (Å²) in [6.07, 6.45) is 1.95. The van der Waals surface area contributed by atoms with Gasteiger partial charge in [-0.25, -0.2) is 0 Å². The van der Waals surface area contributed by atoms with Gasteiger partial charge in [0, 0.05) is 38.8 Å². The van der Waals surface area contributed by atoms with Gasteiger partial charge in [-0.15, -0.1) is 0 Å². The van der Waals surface area contributed by atoms with E-state index in [2.05, 4.69) is 16.0 Å². The molecule has 248 valence electrons. The van der Waals surface area contributed by atoms with E-state index in [0.717, 1.165) is 25.7 Å². The van der Waals surface area contributed by atoms with Gasteiger partial charge in [0.15, 0.2) is 12.1 Å². The van der Waals surface area contributed by atoms with E-state index in [-0.39, 0.29) is 48.9 Å². The van der Waals surface area contributed by atoms with Crippen LogP contribution in [0.1, 0.15) is 104 Å². The van der Waals surface area contributed by atoms with Gasteiger partial charge in [0.25, 0.3) is 0 Å². The fourth-order valence-electron chi connectivity index (χ4n) is 4.62. The Hall–Kier alpha value is -2.45. The number of aliphatic hydroxyl groups is 3. The summed E-state index contributed by atoms with van der Waals surface area (Å²) in [7, 11) is 0. The number of carbonyl (C=O) groups excluding carboxylic acids is 5. The van der Waals surface area contributed by atoms with Crippen LogP contribution in [0, 0.1) is 0 Å². The smallest absolute Gasteiger partial charge is 0.220 e. The lowest BCUT2D eigenvalue weighted by molar-refractivity contribution is -0.292. The summed E-state index contributed by atoms with van der Waals surface area (Å²) in [4.78, 5) is 59.1. The SMILES string of the molecule is CC(=O)CCCCCCC(=O)N[C@@H](CCCCNC(=O)CCCCC(=O)NCCO[C@@H]1O[C@@H](C)[C@@H](O)[C@@H](O)[C@@H]1O)C(C)=O. The normalized spacial score (nSPS) is 22.4. The average Bonchev–Trinajstić information content (AvgIpc) is 2.95. The monoisotopic (exact) mass is 615 g/mol. The molecule has 1 rings (SSSR count). The predicted octanol–water partition coefficient (Wildman–Crippen LogP) is 0.797. The van der Waals surface area contributed by atoms with Crippen molar-refractivity contribution in [1.29, 1.82) is 0 Å². The molecular formula is C30H53N3O10. The molecule has 0 aromatic carbocycles. The number of unbranched alkanes of at least 4 members (excludes halogenated alkanes) is 5. The summed E-state index contributed by atoms with van der Waals surface area (Å²) < 4.78 is 10.7. The standard InChI is InChI=1S/C30H53N3O10/c1-20(34)12-6-4-5-7-16-26(38)33-23(21(2)35)13-10-11-17-31-24(36)14-8-9-15-25(37)32-18-19-42-30-29(41)28(40)27(39)22(3)43-30/h22-23,27-30,39-41H,4-19H2,1-3H3,(H,31,36)(H,32,37)(H,33,38)/t22-,23-,27+,28+,29-,30+/m0/s1. The Bertz CT molecular complexity index is 871. The van der Waals surface area contributed by atoms with E-state index in [4.69, 9.17) is 9.47 Å². The van der Waals surface area contributed by atoms with Crippen LogP contribution in [0.4, 0.5) is 0 Å². The molecule has 1 saturated heterocycles. The van der Waals surface area contributed by atoms with Crippen LogP contribution in [0.2, 0.25) is 0 Å². The Morgan fingerprint density at radius 1 is 0.698 bits per heavy atom. The van der Waals surface area contributed by atoms with Crippen LogP contribution >= 0.6 is 0 Å². The van der Waals surface area contributed by atoms with E-state index in [1.54, 1.807) is 13.8 Å². The van der Waals surface area contributed by atoms with E-state index >= 15 is 0 Å². The Morgan fingerprint density at radius 3 is 1.86 bits per heavy atom. The quantitative estimate of drug-likeness (QED) is 0.0893. The van der Waals surface area contributed by atoms with Crippen LogP contribution in [0.25, 0.3) is 0 Å². The molecule has 0 spiro atoms. The molecule has 0 radical (unpaired) electrons. The number of nitrogens with one attached hydrogen (secondary N) is 3. The lowest BCUT2D eigenvalue weighted by atomic mass is 10.0. The summed E-state index contributed by atoms with van der Waals surface area (Å²) in [5.74, 6) is -0.374. The van der Waals surface area contributed by atoms with Crippen molar-refractivity contribution in [2.45, 2.75) is 141 Å². The van der Waals surface area contributed by atoms with Crippen molar-refractivity contribution in [3.63, 3.8) is 0 Å². The van der Waals surface area contributed by atoms with Crippen molar-refractivity contribution in [3.05, 3.63) is 0 Å². The Kier molecular flexibility index (Phi) is 19.8. The van der Waals surface area contributed by atoms with Crippen molar-refractivity contribution in [3.8, 4) is 0 Å². The third-order valence-electron chi connectivity index (χ3n) is 7.32. The number of amides is 3. The van der Waals surface area contributed by atoms with Crippen molar-refractivity contribution in [1.82, 2.24) is 16.0 Å². The highest BCUT2D eigenvalue weighted by molar-refractivity contribution is 5.87. The molecule has 6 atom stereocenters. The predicted molar refractivity (Wildman–Crippen MR) is 158 cm³/mol. The molecule has 6 N–H and O–H groups in total. The number of rotatable bonds is 23.